The molecular weight excluding hydrogens is 256 g/mol. The van der Waals surface area contributed by atoms with E-state index in [1.165, 1.54) is 0 Å². The lowest BCUT2D eigenvalue weighted by molar-refractivity contribution is 0.899. The number of nitrogens with zero attached hydrogens (tertiary/aromatic N) is 3. The van der Waals surface area contributed by atoms with Crippen LogP contribution in [0.4, 0.5) is 11.4 Å². The molecule has 0 radical (unpaired) electrons. The van der Waals surface area contributed by atoms with Crippen molar-refractivity contribution in [2.24, 2.45) is 0 Å². The lowest BCUT2D eigenvalue weighted by atomic mass is 10.1. The van der Waals surface area contributed by atoms with E-state index in [-0.39, 0.29) is 0 Å². The summed E-state index contributed by atoms with van der Waals surface area (Å²) >= 11 is 1.61. The number of pyridine rings is 1. The highest BCUT2D eigenvalue weighted by Gasteiger charge is 2.09. The van der Waals surface area contributed by atoms with Gasteiger partial charge in [0.1, 0.15) is 0 Å². The van der Waals surface area contributed by atoms with Crippen molar-refractivity contribution in [2.45, 2.75) is 6.54 Å². The monoisotopic (exact) mass is 270 g/mol. The van der Waals surface area contributed by atoms with Crippen molar-refractivity contribution >= 4 is 33.5 Å². The molecule has 0 aliphatic rings. The van der Waals surface area contributed by atoms with Crippen LogP contribution in [0.2, 0.25) is 0 Å². The fraction of sp³-hybridized carbons (Fsp3) is 0.143. The van der Waals surface area contributed by atoms with Crippen LogP contribution >= 0.6 is 11.3 Å². The van der Waals surface area contributed by atoms with Gasteiger partial charge in [-0.2, -0.15) is 0 Å². The van der Waals surface area contributed by atoms with Crippen LogP contribution in [-0.4, -0.2) is 17.0 Å². The Labute approximate surface area is 115 Å². The Bertz CT molecular complexity index is 694. The number of fused-ring (bicyclic) bond motifs is 1. The topological polar surface area (TPSA) is 55.0 Å². The van der Waals surface area contributed by atoms with E-state index in [2.05, 4.69) is 27.3 Å². The van der Waals surface area contributed by atoms with E-state index in [1.54, 1.807) is 17.5 Å². The molecule has 4 nitrogen and oxygen atoms in total. The van der Waals surface area contributed by atoms with Crippen LogP contribution in [0.1, 0.15) is 5.69 Å². The summed E-state index contributed by atoms with van der Waals surface area (Å²) in [5.41, 5.74) is 10.8. The number of nitrogens with two attached hydrogens (primary N) is 1. The first-order chi connectivity index (χ1) is 9.25. The lowest BCUT2D eigenvalue weighted by Crippen LogP contribution is -2.17. The average molecular weight is 270 g/mol. The second-order valence-electron chi connectivity index (χ2n) is 4.43. The normalized spacial score (nSPS) is 10.8. The van der Waals surface area contributed by atoms with Crippen molar-refractivity contribution in [3.8, 4) is 0 Å². The maximum absolute atomic E-state index is 6.00. The molecule has 0 fully saturated rings. The van der Waals surface area contributed by atoms with Gasteiger partial charge in [-0.3, -0.25) is 4.98 Å². The highest BCUT2D eigenvalue weighted by Crippen LogP contribution is 2.30. The van der Waals surface area contributed by atoms with Crippen molar-refractivity contribution in [2.75, 3.05) is 17.7 Å². The molecule has 19 heavy (non-hydrogen) atoms. The molecule has 0 saturated carbocycles. The van der Waals surface area contributed by atoms with Crippen molar-refractivity contribution in [1.29, 1.82) is 0 Å². The molecule has 2 N–H and O–H groups in total. The Hall–Kier alpha value is -2.14. The van der Waals surface area contributed by atoms with Gasteiger partial charge < -0.3 is 10.6 Å². The summed E-state index contributed by atoms with van der Waals surface area (Å²) in [5, 5.41) is 4.17. The molecule has 0 unspecified atom stereocenters. The van der Waals surface area contributed by atoms with Gasteiger partial charge in [0.2, 0.25) is 0 Å². The lowest BCUT2D eigenvalue weighted by Gasteiger charge is -2.20. The van der Waals surface area contributed by atoms with Gasteiger partial charge in [-0.15, -0.1) is 11.3 Å². The van der Waals surface area contributed by atoms with Crippen molar-refractivity contribution in [3.63, 3.8) is 0 Å². The maximum atomic E-state index is 6.00. The Kier molecular flexibility index (Phi) is 3.05. The number of anilines is 2. The van der Waals surface area contributed by atoms with Crippen molar-refractivity contribution in [3.05, 3.63) is 47.2 Å². The number of hydrogen-bond donors (Lipinski definition) is 1. The van der Waals surface area contributed by atoms with E-state index in [9.17, 15) is 0 Å². The smallest absolute Gasteiger partial charge is 0.0795 e. The maximum Gasteiger partial charge on any atom is 0.0795 e. The molecule has 0 bridgehead atoms. The highest BCUT2D eigenvalue weighted by molar-refractivity contribution is 7.07. The number of nitrogen functional groups attached to an aromatic ring is 1. The molecule has 0 atom stereocenters. The fourth-order valence-electron chi connectivity index (χ4n) is 2.18. The van der Waals surface area contributed by atoms with E-state index >= 15 is 0 Å². The Morgan fingerprint density at radius 2 is 2.16 bits per heavy atom. The van der Waals surface area contributed by atoms with E-state index in [4.69, 9.17) is 5.73 Å². The summed E-state index contributed by atoms with van der Waals surface area (Å²) in [4.78, 5) is 10.7. The van der Waals surface area contributed by atoms with Gasteiger partial charge in [0.25, 0.3) is 0 Å². The molecule has 0 saturated heterocycles. The number of rotatable bonds is 3. The number of benzene rings is 1. The minimum Gasteiger partial charge on any atom is -0.398 e. The van der Waals surface area contributed by atoms with Crippen LogP contribution in [0, 0.1) is 0 Å². The van der Waals surface area contributed by atoms with Crippen LogP contribution in [0.25, 0.3) is 10.8 Å². The van der Waals surface area contributed by atoms with Gasteiger partial charge in [-0.25, -0.2) is 4.98 Å². The third-order valence-electron chi connectivity index (χ3n) is 3.12. The standard InChI is InChI=1S/C14H14N4S/c1-18(7-10-8-19-9-17-10)14-3-2-13(15)11-4-5-16-6-12(11)14/h2-6,8-9H,7,15H2,1H3. The van der Waals surface area contributed by atoms with E-state index in [0.29, 0.717) is 0 Å². The van der Waals surface area contributed by atoms with Crippen LogP contribution in [-0.2, 0) is 6.54 Å². The molecule has 0 spiro atoms. The number of hydrogen-bond acceptors (Lipinski definition) is 5. The van der Waals surface area contributed by atoms with Gasteiger partial charge in [0, 0.05) is 47.0 Å². The third-order valence-corrected chi connectivity index (χ3v) is 3.76. The summed E-state index contributed by atoms with van der Waals surface area (Å²) in [5.74, 6) is 0. The minimum atomic E-state index is 0.775. The molecular formula is C14H14N4S. The molecule has 1 aromatic carbocycles. The fourth-order valence-corrected chi connectivity index (χ4v) is 2.72. The van der Waals surface area contributed by atoms with E-state index < -0.39 is 0 Å². The minimum absolute atomic E-state index is 0.775. The van der Waals surface area contributed by atoms with Gasteiger partial charge >= 0.3 is 0 Å². The van der Waals surface area contributed by atoms with Crippen molar-refractivity contribution in [1.82, 2.24) is 9.97 Å². The van der Waals surface area contributed by atoms with E-state index in [1.807, 2.05) is 29.9 Å². The molecule has 2 aromatic heterocycles. The summed E-state index contributed by atoms with van der Waals surface area (Å²) in [7, 11) is 2.05. The largest absolute Gasteiger partial charge is 0.398 e. The molecule has 2 heterocycles. The zero-order valence-electron chi connectivity index (χ0n) is 10.6. The molecule has 0 amide bonds. The van der Waals surface area contributed by atoms with E-state index in [0.717, 1.165) is 34.4 Å². The SMILES string of the molecule is CN(Cc1cscn1)c1ccc(N)c2ccncc12. The Balaban J connectivity index is 2.03. The molecule has 3 rings (SSSR count). The third kappa shape index (κ3) is 2.24. The first-order valence-electron chi connectivity index (χ1n) is 5.96. The first-order valence-corrected chi connectivity index (χ1v) is 6.90. The van der Waals surface area contributed by atoms with Crippen molar-refractivity contribution < 1.29 is 0 Å². The zero-order valence-corrected chi connectivity index (χ0v) is 11.4. The van der Waals surface area contributed by atoms with Gasteiger partial charge in [-0.1, -0.05) is 0 Å². The summed E-state index contributed by atoms with van der Waals surface area (Å²) in [6, 6.07) is 5.92. The molecule has 0 aliphatic heterocycles. The molecule has 3 aromatic rings. The number of thiazole rings is 1. The van der Waals surface area contributed by atoms with Gasteiger partial charge in [-0.05, 0) is 18.2 Å². The first kappa shape index (κ1) is 11.9. The quantitative estimate of drug-likeness (QED) is 0.743. The van der Waals surface area contributed by atoms with Crippen LogP contribution in [0.5, 0.6) is 0 Å². The van der Waals surface area contributed by atoms with Crippen LogP contribution < -0.4 is 10.6 Å². The number of aromatic nitrogens is 2. The second kappa shape index (κ2) is 4.85. The average Bonchev–Trinajstić information content (AvgIpc) is 2.92. The highest BCUT2D eigenvalue weighted by atomic mass is 32.1. The summed E-state index contributed by atoms with van der Waals surface area (Å²) in [6.07, 6.45) is 3.63. The molecule has 0 aliphatic carbocycles. The zero-order chi connectivity index (χ0) is 13.2. The van der Waals surface area contributed by atoms with Crippen LogP contribution in [0.3, 0.4) is 0 Å². The van der Waals surface area contributed by atoms with Crippen LogP contribution in [0.15, 0.2) is 41.5 Å². The second-order valence-corrected chi connectivity index (χ2v) is 5.15. The Morgan fingerprint density at radius 3 is 2.95 bits per heavy atom. The Morgan fingerprint density at radius 1 is 1.26 bits per heavy atom. The summed E-state index contributed by atoms with van der Waals surface area (Å²) < 4.78 is 0. The van der Waals surface area contributed by atoms with Gasteiger partial charge in [0.15, 0.2) is 0 Å². The predicted molar refractivity (Wildman–Crippen MR) is 80.4 cm³/mol. The predicted octanol–water partition coefficient (Wildman–Crippen LogP) is 2.91. The van der Waals surface area contributed by atoms with Gasteiger partial charge in [0.05, 0.1) is 17.7 Å². The molecule has 5 heteroatoms. The summed E-state index contributed by atoms with van der Waals surface area (Å²) in [6.45, 7) is 0.775. The molecule has 96 valence electrons.